The van der Waals surface area contributed by atoms with Gasteiger partial charge >= 0.3 is 0 Å². The number of nitrogens with one attached hydrogen (secondary N) is 1. The molecule has 7 heteroatoms. The zero-order chi connectivity index (χ0) is 18.8. The van der Waals surface area contributed by atoms with Gasteiger partial charge in [-0.3, -0.25) is 19.7 Å². The summed E-state index contributed by atoms with van der Waals surface area (Å²) in [6.07, 6.45) is 2.93. The fourth-order valence-corrected chi connectivity index (χ4v) is 5.76. The lowest BCUT2D eigenvalue weighted by atomic mass is 9.62. The van der Waals surface area contributed by atoms with Crippen LogP contribution < -0.4 is 5.32 Å². The number of ketones is 1. The number of rotatable bonds is 2. The highest BCUT2D eigenvalue weighted by molar-refractivity contribution is 6.48. The molecule has 1 aliphatic heterocycles. The van der Waals surface area contributed by atoms with Gasteiger partial charge < -0.3 is 5.11 Å². The van der Waals surface area contributed by atoms with Crippen molar-refractivity contribution in [3.8, 4) is 0 Å². The van der Waals surface area contributed by atoms with Gasteiger partial charge in [-0.05, 0) is 30.4 Å². The molecule has 1 saturated carbocycles. The number of imide groups is 1. The average Bonchev–Trinajstić information content (AvgIpc) is 3.26. The second-order valence-electron chi connectivity index (χ2n) is 7.75. The number of hydrogen-bond acceptors (Lipinski definition) is 4. The van der Waals surface area contributed by atoms with Crippen LogP contribution in [-0.4, -0.2) is 22.7 Å². The van der Waals surface area contributed by atoms with Crippen molar-refractivity contribution in [1.82, 2.24) is 5.32 Å². The van der Waals surface area contributed by atoms with Crippen LogP contribution in [0.2, 0.25) is 10.0 Å². The second-order valence-corrected chi connectivity index (χ2v) is 8.54. The predicted molar refractivity (Wildman–Crippen MR) is 95.9 cm³/mol. The molecular weight excluding hydrogens is 377 g/mol. The van der Waals surface area contributed by atoms with Gasteiger partial charge in [-0.25, -0.2) is 0 Å². The summed E-state index contributed by atoms with van der Waals surface area (Å²) in [6, 6.07) is 3.34. The van der Waals surface area contributed by atoms with Gasteiger partial charge in [-0.1, -0.05) is 49.0 Å². The van der Waals surface area contributed by atoms with Gasteiger partial charge in [0.05, 0.1) is 16.1 Å². The van der Waals surface area contributed by atoms with Gasteiger partial charge in [-0.2, -0.15) is 0 Å². The van der Waals surface area contributed by atoms with E-state index in [4.69, 9.17) is 23.2 Å². The number of aliphatic hydroxyl groups is 1. The van der Waals surface area contributed by atoms with Crippen LogP contribution in [0, 0.1) is 17.3 Å². The molecule has 1 aromatic rings. The summed E-state index contributed by atoms with van der Waals surface area (Å²) in [5.41, 5.74) is 0.359. The zero-order valence-electron chi connectivity index (χ0n) is 14.2. The highest BCUT2D eigenvalue weighted by Gasteiger charge is 2.61. The van der Waals surface area contributed by atoms with Gasteiger partial charge in [-0.15, -0.1) is 0 Å². The van der Waals surface area contributed by atoms with Crippen LogP contribution in [0.15, 0.2) is 12.1 Å². The summed E-state index contributed by atoms with van der Waals surface area (Å²) in [6.45, 7) is 1.91. The number of carbonyl (C=O) groups excluding carboxylic acids is 3. The number of hydrogen-bond donors (Lipinski definition) is 2. The van der Waals surface area contributed by atoms with Gasteiger partial charge in [0.2, 0.25) is 11.7 Å². The van der Waals surface area contributed by atoms with Gasteiger partial charge in [0, 0.05) is 16.9 Å². The Morgan fingerprint density at radius 1 is 1.15 bits per heavy atom. The molecule has 4 atom stereocenters. The molecule has 0 bridgehead atoms. The normalized spacial score (nSPS) is 34.5. The third-order valence-electron chi connectivity index (χ3n) is 6.63. The fourth-order valence-electron chi connectivity index (χ4n) is 5.32. The largest absolute Gasteiger partial charge is 0.388 e. The van der Waals surface area contributed by atoms with Crippen LogP contribution in [0.25, 0.3) is 0 Å². The summed E-state index contributed by atoms with van der Waals surface area (Å²) in [4.78, 5) is 36.8. The molecular formula is C19H19Cl2NO4. The van der Waals surface area contributed by atoms with Crippen molar-refractivity contribution in [2.45, 2.75) is 44.6 Å². The van der Waals surface area contributed by atoms with Crippen molar-refractivity contribution in [2.24, 2.45) is 17.3 Å². The van der Waals surface area contributed by atoms with Crippen LogP contribution in [0.1, 0.15) is 55.8 Å². The minimum absolute atomic E-state index is 0.126. The SMILES string of the molecule is CC1(C2CCCC2)C(O)c2c(ccc(Cl)c2Cl)C1C1C(=O)NC(=O)C1=O. The Morgan fingerprint density at radius 2 is 1.81 bits per heavy atom. The molecule has 2 N–H and O–H groups in total. The lowest BCUT2D eigenvalue weighted by Crippen LogP contribution is -2.40. The number of benzene rings is 1. The summed E-state index contributed by atoms with van der Waals surface area (Å²) in [7, 11) is 0. The molecule has 4 unspecified atom stereocenters. The topological polar surface area (TPSA) is 83.5 Å². The Morgan fingerprint density at radius 3 is 2.38 bits per heavy atom. The smallest absolute Gasteiger partial charge is 0.294 e. The summed E-state index contributed by atoms with van der Waals surface area (Å²) in [5, 5.41) is 14.0. The molecule has 2 aliphatic carbocycles. The maximum Gasteiger partial charge on any atom is 0.294 e. The van der Waals surface area contributed by atoms with E-state index in [1.54, 1.807) is 12.1 Å². The van der Waals surface area contributed by atoms with Crippen molar-refractivity contribution in [3.63, 3.8) is 0 Å². The molecule has 1 aromatic carbocycles. The Balaban J connectivity index is 1.93. The first-order valence-electron chi connectivity index (χ1n) is 8.83. The van der Waals surface area contributed by atoms with Crippen molar-refractivity contribution >= 4 is 40.8 Å². The minimum atomic E-state index is -1.14. The lowest BCUT2D eigenvalue weighted by molar-refractivity contribution is -0.138. The molecule has 0 radical (unpaired) electrons. The van der Waals surface area contributed by atoms with E-state index >= 15 is 0 Å². The Hall–Kier alpha value is -1.43. The van der Waals surface area contributed by atoms with Crippen LogP contribution in [0.4, 0.5) is 0 Å². The number of halogens is 2. The van der Waals surface area contributed by atoms with E-state index < -0.39 is 41.0 Å². The Kier molecular flexibility index (Phi) is 4.17. The first-order chi connectivity index (χ1) is 12.3. The second kappa shape index (κ2) is 6.04. The van der Waals surface area contributed by atoms with Crippen LogP contribution >= 0.6 is 23.2 Å². The molecule has 3 aliphatic rings. The van der Waals surface area contributed by atoms with E-state index in [0.717, 1.165) is 25.7 Å². The predicted octanol–water partition coefficient (Wildman–Crippen LogP) is 3.16. The first-order valence-corrected chi connectivity index (χ1v) is 9.59. The van der Waals surface area contributed by atoms with E-state index in [9.17, 15) is 19.5 Å². The van der Waals surface area contributed by atoms with Gasteiger partial charge in [0.1, 0.15) is 5.92 Å². The number of fused-ring (bicyclic) bond motifs is 1. The molecule has 138 valence electrons. The molecule has 4 rings (SSSR count). The minimum Gasteiger partial charge on any atom is -0.388 e. The van der Waals surface area contributed by atoms with E-state index in [1.165, 1.54) is 0 Å². The maximum atomic E-state index is 12.5. The van der Waals surface area contributed by atoms with Crippen molar-refractivity contribution in [3.05, 3.63) is 33.3 Å². The molecule has 0 spiro atoms. The molecule has 0 aromatic heterocycles. The summed E-state index contributed by atoms with van der Waals surface area (Å²) >= 11 is 12.6. The maximum absolute atomic E-state index is 12.5. The van der Waals surface area contributed by atoms with Crippen LogP contribution in [0.3, 0.4) is 0 Å². The number of carbonyl (C=O) groups is 3. The Labute approximate surface area is 161 Å². The van der Waals surface area contributed by atoms with E-state index in [-0.39, 0.29) is 10.9 Å². The molecule has 26 heavy (non-hydrogen) atoms. The molecule has 2 fully saturated rings. The zero-order valence-corrected chi connectivity index (χ0v) is 15.7. The first kappa shape index (κ1) is 18.0. The highest BCUT2D eigenvalue weighted by Crippen LogP contribution is 2.65. The van der Waals surface area contributed by atoms with Crippen molar-refractivity contribution in [1.29, 1.82) is 0 Å². The van der Waals surface area contributed by atoms with Crippen LogP contribution in [-0.2, 0) is 14.4 Å². The number of aliphatic hydroxyl groups excluding tert-OH is 1. The average molecular weight is 396 g/mol. The molecule has 5 nitrogen and oxygen atoms in total. The Bertz CT molecular complexity index is 833. The quantitative estimate of drug-likeness (QED) is 0.457. The van der Waals surface area contributed by atoms with Crippen LogP contribution in [0.5, 0.6) is 0 Å². The van der Waals surface area contributed by atoms with Crippen molar-refractivity contribution in [2.75, 3.05) is 0 Å². The standard InChI is InChI=1S/C19H19Cl2NO4/c1-19(8-4-2-3-5-8)13(12-15(23)18(26)22-17(12)25)9-6-7-10(20)14(21)11(9)16(19)24/h6-8,12-13,16,24H,2-5H2,1H3,(H,22,25,26). The van der Waals surface area contributed by atoms with Gasteiger partial charge in [0.25, 0.3) is 5.91 Å². The van der Waals surface area contributed by atoms with E-state index in [1.807, 2.05) is 6.92 Å². The lowest BCUT2D eigenvalue weighted by Gasteiger charge is -2.41. The number of amides is 2. The summed E-state index contributed by atoms with van der Waals surface area (Å²) in [5.74, 6) is -3.83. The van der Waals surface area contributed by atoms with Gasteiger partial charge in [0.15, 0.2) is 0 Å². The third kappa shape index (κ3) is 2.23. The highest BCUT2D eigenvalue weighted by atomic mass is 35.5. The molecule has 1 heterocycles. The summed E-state index contributed by atoms with van der Waals surface area (Å²) < 4.78 is 0. The van der Waals surface area contributed by atoms with E-state index in [0.29, 0.717) is 16.1 Å². The molecule has 1 saturated heterocycles. The van der Waals surface area contributed by atoms with E-state index in [2.05, 4.69) is 5.32 Å². The molecule has 2 amide bonds. The third-order valence-corrected chi connectivity index (χ3v) is 7.45. The fraction of sp³-hybridized carbons (Fsp3) is 0.526. The number of Topliss-reactive ketones (excluding diaryl/α,β-unsaturated/α-hetero) is 1. The van der Waals surface area contributed by atoms with Crippen molar-refractivity contribution < 1.29 is 19.5 Å². The monoisotopic (exact) mass is 395 g/mol.